The number of nitrogens with zero attached hydrogens (tertiary/aromatic N) is 1. The van der Waals surface area contributed by atoms with Crippen LogP contribution in [0.3, 0.4) is 0 Å². The van der Waals surface area contributed by atoms with Crippen molar-refractivity contribution in [2.24, 2.45) is 5.10 Å². The van der Waals surface area contributed by atoms with E-state index in [1.54, 1.807) is 36.8 Å². The molecule has 0 saturated carbocycles. The highest BCUT2D eigenvalue weighted by Crippen LogP contribution is 2.25. The van der Waals surface area contributed by atoms with Gasteiger partial charge in [0.25, 0.3) is 5.91 Å². The number of carbonyl (C=O) groups excluding carboxylic acids is 1. The summed E-state index contributed by atoms with van der Waals surface area (Å²) < 4.78 is 10.5. The highest BCUT2D eigenvalue weighted by atomic mass is 32.1. The average Bonchev–Trinajstić information content (AvgIpc) is 2.98. The fourth-order valence-corrected chi connectivity index (χ4v) is 2.05. The van der Waals surface area contributed by atoms with Crippen molar-refractivity contribution in [3.8, 4) is 11.5 Å². The van der Waals surface area contributed by atoms with Crippen molar-refractivity contribution in [3.05, 3.63) is 46.7 Å². The summed E-state index contributed by atoms with van der Waals surface area (Å²) in [5.41, 5.74) is 3.34. The number of rotatable bonds is 6. The molecule has 5 nitrogen and oxygen atoms in total. The third kappa shape index (κ3) is 4.10. The first-order valence-electron chi connectivity index (χ1n) is 5.89. The lowest BCUT2D eigenvalue weighted by Gasteiger charge is -2.08. The van der Waals surface area contributed by atoms with Crippen LogP contribution in [0.5, 0.6) is 11.5 Å². The number of methoxy groups -OCH3 is 1. The molecule has 0 bridgehead atoms. The summed E-state index contributed by atoms with van der Waals surface area (Å²) in [7, 11) is 1.55. The van der Waals surface area contributed by atoms with E-state index in [2.05, 4.69) is 10.5 Å². The number of hydrogen-bond donors (Lipinski definition) is 1. The monoisotopic (exact) mass is 290 g/mol. The molecule has 0 aliphatic rings. The number of hydrogen-bond acceptors (Lipinski definition) is 5. The summed E-state index contributed by atoms with van der Waals surface area (Å²) in [5, 5.41) is 7.71. The first-order chi connectivity index (χ1) is 9.79. The van der Waals surface area contributed by atoms with Crippen LogP contribution in [0.25, 0.3) is 0 Å². The minimum atomic E-state index is -0.331. The minimum absolute atomic E-state index is 0.124. The summed E-state index contributed by atoms with van der Waals surface area (Å²) in [4.78, 5) is 11.6. The zero-order chi connectivity index (χ0) is 14.2. The van der Waals surface area contributed by atoms with Crippen LogP contribution >= 0.6 is 11.3 Å². The van der Waals surface area contributed by atoms with Gasteiger partial charge in [-0.3, -0.25) is 4.79 Å². The first kappa shape index (κ1) is 14.1. The molecule has 2 aromatic rings. The van der Waals surface area contributed by atoms with Crippen LogP contribution in [-0.2, 0) is 4.79 Å². The molecule has 0 aliphatic carbocycles. The van der Waals surface area contributed by atoms with E-state index in [1.807, 2.05) is 29.0 Å². The molecule has 1 aromatic heterocycles. The van der Waals surface area contributed by atoms with Gasteiger partial charge in [-0.2, -0.15) is 16.4 Å². The summed E-state index contributed by atoms with van der Waals surface area (Å²) in [6, 6.07) is 9.05. The van der Waals surface area contributed by atoms with Gasteiger partial charge in [-0.25, -0.2) is 5.43 Å². The maximum Gasteiger partial charge on any atom is 0.277 e. The fourth-order valence-electron chi connectivity index (χ4n) is 1.44. The van der Waals surface area contributed by atoms with Crippen molar-refractivity contribution in [2.75, 3.05) is 13.7 Å². The lowest BCUT2D eigenvalue weighted by molar-refractivity contribution is -0.123. The molecule has 20 heavy (non-hydrogen) atoms. The second-order valence-corrected chi connectivity index (χ2v) is 4.57. The number of thiophene rings is 1. The van der Waals surface area contributed by atoms with E-state index in [9.17, 15) is 4.79 Å². The topological polar surface area (TPSA) is 59.9 Å². The Hall–Kier alpha value is -2.34. The average molecular weight is 290 g/mol. The van der Waals surface area contributed by atoms with Gasteiger partial charge in [-0.1, -0.05) is 12.1 Å². The van der Waals surface area contributed by atoms with Crippen LogP contribution in [-0.4, -0.2) is 25.8 Å². The van der Waals surface area contributed by atoms with Crippen molar-refractivity contribution >= 4 is 23.5 Å². The molecule has 1 N–H and O–H groups in total. The molecule has 2 rings (SSSR count). The van der Waals surface area contributed by atoms with Crippen molar-refractivity contribution < 1.29 is 14.3 Å². The minimum Gasteiger partial charge on any atom is -0.493 e. The number of hydrazone groups is 1. The van der Waals surface area contributed by atoms with Gasteiger partial charge in [0.2, 0.25) is 0 Å². The van der Waals surface area contributed by atoms with Crippen molar-refractivity contribution in [2.45, 2.75) is 0 Å². The summed E-state index contributed by atoms with van der Waals surface area (Å²) in [6.07, 6.45) is 1.58. The Labute approximate surface area is 120 Å². The maximum absolute atomic E-state index is 11.6. The largest absolute Gasteiger partial charge is 0.493 e. The normalized spacial score (nSPS) is 10.4. The van der Waals surface area contributed by atoms with Crippen molar-refractivity contribution in [3.63, 3.8) is 0 Å². The summed E-state index contributed by atoms with van der Waals surface area (Å²) >= 11 is 1.57. The zero-order valence-corrected chi connectivity index (χ0v) is 11.7. The summed E-state index contributed by atoms with van der Waals surface area (Å²) in [5.74, 6) is 0.774. The van der Waals surface area contributed by atoms with Gasteiger partial charge in [0.1, 0.15) is 0 Å². The molecule has 1 aromatic carbocycles. The Bertz CT molecular complexity index is 582. The van der Waals surface area contributed by atoms with E-state index in [0.717, 1.165) is 5.56 Å². The Balaban J connectivity index is 1.80. The second-order valence-electron chi connectivity index (χ2n) is 3.79. The zero-order valence-electron chi connectivity index (χ0n) is 10.9. The van der Waals surface area contributed by atoms with Crippen LogP contribution < -0.4 is 14.9 Å². The molecule has 0 radical (unpaired) electrons. The van der Waals surface area contributed by atoms with Crippen molar-refractivity contribution in [1.29, 1.82) is 0 Å². The molecule has 0 saturated heterocycles. The quantitative estimate of drug-likeness (QED) is 0.656. The van der Waals surface area contributed by atoms with Crippen LogP contribution in [0.15, 0.2) is 46.2 Å². The van der Waals surface area contributed by atoms with Crippen LogP contribution in [0.1, 0.15) is 5.56 Å². The second kappa shape index (κ2) is 7.30. The van der Waals surface area contributed by atoms with E-state index < -0.39 is 0 Å². The molecule has 0 spiro atoms. The fraction of sp³-hybridized carbons (Fsp3) is 0.143. The van der Waals surface area contributed by atoms with Gasteiger partial charge in [-0.05, 0) is 29.0 Å². The Morgan fingerprint density at radius 3 is 2.85 bits per heavy atom. The lowest BCUT2D eigenvalue weighted by Crippen LogP contribution is -2.24. The highest BCUT2D eigenvalue weighted by Gasteiger charge is 2.05. The molecule has 104 valence electrons. The van der Waals surface area contributed by atoms with E-state index in [4.69, 9.17) is 9.47 Å². The molecule has 1 heterocycles. The third-order valence-corrected chi connectivity index (χ3v) is 3.08. The van der Waals surface area contributed by atoms with E-state index in [1.165, 1.54) is 0 Å². The standard InChI is InChI=1S/C14H14N2O3S/c1-18-12-4-2-3-5-13(12)19-9-14(17)16-15-8-11-6-7-20-10-11/h2-8,10H,9H2,1H3,(H,16,17). The van der Waals surface area contributed by atoms with E-state index in [-0.39, 0.29) is 12.5 Å². The van der Waals surface area contributed by atoms with Gasteiger partial charge in [-0.15, -0.1) is 0 Å². The van der Waals surface area contributed by atoms with E-state index in [0.29, 0.717) is 11.5 Å². The van der Waals surface area contributed by atoms with Crippen LogP contribution in [0.4, 0.5) is 0 Å². The van der Waals surface area contributed by atoms with Gasteiger partial charge < -0.3 is 9.47 Å². The Kier molecular flexibility index (Phi) is 5.14. The molecule has 0 fully saturated rings. The number of para-hydroxylation sites is 2. The predicted octanol–water partition coefficient (Wildman–Crippen LogP) is 2.29. The highest BCUT2D eigenvalue weighted by molar-refractivity contribution is 7.08. The molecular weight excluding hydrogens is 276 g/mol. The van der Waals surface area contributed by atoms with Crippen molar-refractivity contribution in [1.82, 2.24) is 5.43 Å². The smallest absolute Gasteiger partial charge is 0.277 e. The first-order valence-corrected chi connectivity index (χ1v) is 6.84. The predicted molar refractivity (Wildman–Crippen MR) is 78.5 cm³/mol. The number of ether oxygens (including phenoxy) is 2. The summed E-state index contributed by atoms with van der Waals surface area (Å²) in [6.45, 7) is -0.124. The SMILES string of the molecule is COc1ccccc1OCC(=O)NN=Cc1ccsc1. The van der Waals surface area contributed by atoms with Gasteiger partial charge in [0.05, 0.1) is 13.3 Å². The lowest BCUT2D eigenvalue weighted by atomic mass is 10.3. The number of nitrogens with one attached hydrogen (secondary N) is 1. The molecule has 0 atom stereocenters. The Morgan fingerprint density at radius 2 is 2.15 bits per heavy atom. The third-order valence-electron chi connectivity index (χ3n) is 2.37. The Morgan fingerprint density at radius 1 is 1.35 bits per heavy atom. The van der Waals surface area contributed by atoms with Gasteiger partial charge in [0.15, 0.2) is 18.1 Å². The number of amides is 1. The molecule has 0 aliphatic heterocycles. The number of carbonyl (C=O) groups is 1. The molecule has 0 unspecified atom stereocenters. The molecular formula is C14H14N2O3S. The number of benzene rings is 1. The van der Waals surface area contributed by atoms with Crippen LogP contribution in [0.2, 0.25) is 0 Å². The van der Waals surface area contributed by atoms with Gasteiger partial charge in [0, 0.05) is 5.56 Å². The van der Waals surface area contributed by atoms with Gasteiger partial charge >= 0.3 is 0 Å². The van der Waals surface area contributed by atoms with Crippen LogP contribution in [0, 0.1) is 0 Å². The molecule has 6 heteroatoms. The maximum atomic E-state index is 11.6. The van der Waals surface area contributed by atoms with E-state index >= 15 is 0 Å². The molecule has 1 amide bonds.